The first-order valence-corrected chi connectivity index (χ1v) is 2.06. The van der Waals surface area contributed by atoms with Crippen molar-refractivity contribution in [2.75, 3.05) is 13.0 Å². The molecule has 0 aromatic rings. The first-order chi connectivity index (χ1) is 2.41. The van der Waals surface area contributed by atoms with Gasteiger partial charge in [0.2, 0.25) is 0 Å². The van der Waals surface area contributed by atoms with E-state index in [0.29, 0.717) is 12.0 Å². The van der Waals surface area contributed by atoms with Crippen molar-refractivity contribution >= 4 is 12.0 Å². The molecule has 0 aliphatic carbocycles. The van der Waals surface area contributed by atoms with E-state index < -0.39 is 0 Å². The van der Waals surface area contributed by atoms with Crippen LogP contribution in [-0.4, -0.2) is 13.0 Å². The van der Waals surface area contributed by atoms with E-state index in [4.69, 9.17) is 0 Å². The lowest BCUT2D eigenvalue weighted by atomic mass is 11.5. The van der Waals surface area contributed by atoms with Crippen LogP contribution in [0.2, 0.25) is 0 Å². The number of hydrogen-bond acceptors (Lipinski definition) is 2. The van der Waals surface area contributed by atoms with Crippen molar-refractivity contribution < 1.29 is 9.29 Å². The van der Waals surface area contributed by atoms with Gasteiger partial charge in [-0.2, -0.15) is 0 Å². The third kappa shape index (κ3) is 4.27. The van der Waals surface area contributed by atoms with Crippen LogP contribution in [0.1, 0.15) is 0 Å². The second-order valence-corrected chi connectivity index (χ2v) is 0.996. The Morgan fingerprint density at radius 2 is 2.60 bits per heavy atom. The normalized spacial score (nSPS) is 8.40. The van der Waals surface area contributed by atoms with Crippen molar-refractivity contribution in [2.24, 2.45) is 0 Å². The van der Waals surface area contributed by atoms with Crippen LogP contribution in [0.15, 0.2) is 0 Å². The molecule has 0 aliphatic rings. The molecule has 0 N–H and O–H groups in total. The molecule has 0 aromatic heterocycles. The molecule has 0 aromatic carbocycles. The molecular formula is C2H5O2S. The van der Waals surface area contributed by atoms with Gasteiger partial charge in [0.1, 0.15) is 5.94 Å². The van der Waals surface area contributed by atoms with E-state index >= 15 is 0 Å². The van der Waals surface area contributed by atoms with Crippen molar-refractivity contribution in [2.45, 2.75) is 0 Å². The number of methoxy groups -OCH3 is 1. The fourth-order valence-electron chi connectivity index (χ4n) is 0.0481. The van der Waals surface area contributed by atoms with E-state index in [1.54, 1.807) is 0 Å². The third-order valence-corrected chi connectivity index (χ3v) is 0.498. The molecule has 0 bridgehead atoms. The van der Waals surface area contributed by atoms with E-state index in [1.165, 1.54) is 7.11 Å². The highest BCUT2D eigenvalue weighted by atomic mass is 32.2. The molecule has 0 unspecified atom stereocenters. The molecule has 5 heavy (non-hydrogen) atoms. The molecular weight excluding hydrogens is 88.1 g/mol. The van der Waals surface area contributed by atoms with Crippen LogP contribution in [0.3, 0.4) is 0 Å². The molecule has 2 nitrogen and oxygen atoms in total. The van der Waals surface area contributed by atoms with Crippen LogP contribution < -0.4 is 0 Å². The lowest BCUT2D eigenvalue weighted by molar-refractivity contribution is 0.251. The van der Waals surface area contributed by atoms with Crippen LogP contribution in [0.25, 0.3) is 0 Å². The molecule has 0 saturated carbocycles. The van der Waals surface area contributed by atoms with E-state index in [9.17, 15) is 4.55 Å². The summed E-state index contributed by atoms with van der Waals surface area (Å²) in [7, 11) is 1.49. The molecule has 0 saturated heterocycles. The first-order valence-electron chi connectivity index (χ1n) is 1.15. The van der Waals surface area contributed by atoms with Gasteiger partial charge >= 0.3 is 0 Å². The average Bonchev–Trinajstić information content (AvgIpc) is 1.41. The predicted octanol–water partition coefficient (Wildman–Crippen LogP) is 0.669. The Balaban J connectivity index is 2.19. The van der Waals surface area contributed by atoms with Gasteiger partial charge in [-0.25, -0.2) is 0 Å². The van der Waals surface area contributed by atoms with Gasteiger partial charge in [0.15, 0.2) is 0 Å². The molecule has 0 atom stereocenters. The van der Waals surface area contributed by atoms with Gasteiger partial charge in [-0.3, -0.25) is 0 Å². The standard InChI is InChI=1S/C2H5O2S/c1-4-2-5-3/h2H2,1H3. The minimum absolute atomic E-state index is 0.250. The van der Waals surface area contributed by atoms with Gasteiger partial charge < -0.3 is 4.74 Å². The number of ether oxygens (including phenoxy) is 1. The summed E-state index contributed by atoms with van der Waals surface area (Å²) in [6, 6.07) is 0. The Morgan fingerprint density at radius 1 is 2.00 bits per heavy atom. The van der Waals surface area contributed by atoms with Crippen LogP contribution in [0.5, 0.6) is 0 Å². The topological polar surface area (TPSA) is 29.1 Å². The highest BCUT2D eigenvalue weighted by Crippen LogP contribution is 1.87. The SMILES string of the molecule is COCS[O]. The largest absolute Gasteiger partial charge is 0.372 e. The predicted molar refractivity (Wildman–Crippen MR) is 20.2 cm³/mol. The van der Waals surface area contributed by atoms with Gasteiger partial charge in [0, 0.05) is 7.11 Å². The Labute approximate surface area is 35.3 Å². The van der Waals surface area contributed by atoms with Gasteiger partial charge in [-0.05, 0) is 0 Å². The Morgan fingerprint density at radius 3 is 2.60 bits per heavy atom. The van der Waals surface area contributed by atoms with Crippen molar-refractivity contribution in [3.63, 3.8) is 0 Å². The molecule has 0 fully saturated rings. The Hall–Kier alpha value is 0.270. The quantitative estimate of drug-likeness (QED) is 0.371. The zero-order valence-corrected chi connectivity index (χ0v) is 3.75. The van der Waals surface area contributed by atoms with Crippen molar-refractivity contribution in [1.29, 1.82) is 0 Å². The van der Waals surface area contributed by atoms with Crippen LogP contribution in [0, 0.1) is 0 Å². The van der Waals surface area contributed by atoms with E-state index in [-0.39, 0.29) is 5.94 Å². The zero-order chi connectivity index (χ0) is 4.12. The van der Waals surface area contributed by atoms with Gasteiger partial charge in [0.05, 0.1) is 12.0 Å². The molecule has 3 heteroatoms. The van der Waals surface area contributed by atoms with Gasteiger partial charge in [0.25, 0.3) is 0 Å². The Kier molecular flexibility index (Phi) is 4.50. The highest BCUT2D eigenvalue weighted by molar-refractivity contribution is 7.93. The molecule has 1 radical (unpaired) electrons. The average molecular weight is 93.1 g/mol. The maximum Gasteiger partial charge on any atom is 0.121 e. The maximum absolute atomic E-state index is 9.32. The molecule has 0 rings (SSSR count). The maximum atomic E-state index is 9.32. The summed E-state index contributed by atoms with van der Waals surface area (Å²) >= 11 is 0.429. The summed E-state index contributed by atoms with van der Waals surface area (Å²) in [5.41, 5.74) is 0. The summed E-state index contributed by atoms with van der Waals surface area (Å²) < 4.78 is 13.7. The number of hydrogen-bond donors (Lipinski definition) is 0. The molecule has 0 amide bonds. The van der Waals surface area contributed by atoms with Crippen molar-refractivity contribution in [3.05, 3.63) is 0 Å². The van der Waals surface area contributed by atoms with Crippen LogP contribution >= 0.6 is 12.0 Å². The smallest absolute Gasteiger partial charge is 0.121 e. The molecule has 0 heterocycles. The van der Waals surface area contributed by atoms with E-state index in [0.717, 1.165) is 0 Å². The molecule has 0 spiro atoms. The summed E-state index contributed by atoms with van der Waals surface area (Å²) in [6.07, 6.45) is 0. The summed E-state index contributed by atoms with van der Waals surface area (Å²) in [5.74, 6) is 0.250. The van der Waals surface area contributed by atoms with E-state index in [1.807, 2.05) is 0 Å². The second kappa shape index (κ2) is 4.27. The van der Waals surface area contributed by atoms with Crippen LogP contribution in [0.4, 0.5) is 0 Å². The summed E-state index contributed by atoms with van der Waals surface area (Å²) in [4.78, 5) is 0. The highest BCUT2D eigenvalue weighted by Gasteiger charge is 1.71. The zero-order valence-electron chi connectivity index (χ0n) is 2.93. The van der Waals surface area contributed by atoms with Gasteiger partial charge in [-0.1, -0.05) is 0 Å². The fourth-order valence-corrected chi connectivity index (χ4v) is 0.144. The van der Waals surface area contributed by atoms with Crippen molar-refractivity contribution in [3.8, 4) is 0 Å². The summed E-state index contributed by atoms with van der Waals surface area (Å²) in [5, 5.41) is 0. The minimum atomic E-state index is 0.250. The number of rotatable bonds is 2. The lowest BCUT2D eigenvalue weighted by Crippen LogP contribution is -1.74. The van der Waals surface area contributed by atoms with Crippen LogP contribution in [-0.2, 0) is 9.29 Å². The lowest BCUT2D eigenvalue weighted by Gasteiger charge is -1.80. The second-order valence-electron chi connectivity index (χ2n) is 0.524. The molecule has 31 valence electrons. The first kappa shape index (κ1) is 5.27. The minimum Gasteiger partial charge on any atom is -0.372 e. The van der Waals surface area contributed by atoms with Gasteiger partial charge in [-0.15, -0.1) is 4.55 Å². The van der Waals surface area contributed by atoms with Crippen molar-refractivity contribution in [1.82, 2.24) is 0 Å². The Bertz CT molecular complexity index is 15.1. The van der Waals surface area contributed by atoms with E-state index in [2.05, 4.69) is 4.74 Å². The molecule has 0 aliphatic heterocycles. The third-order valence-electron chi connectivity index (χ3n) is 0.166. The monoisotopic (exact) mass is 93.0 g/mol. The fraction of sp³-hybridized carbons (Fsp3) is 1.00. The summed E-state index contributed by atoms with van der Waals surface area (Å²) in [6.45, 7) is 0.